The van der Waals surface area contributed by atoms with Crippen molar-refractivity contribution in [2.75, 3.05) is 0 Å². The molecule has 3 nitrogen and oxygen atoms in total. The Balaban J connectivity index is 2.03. The minimum absolute atomic E-state index is 0.135. The van der Waals surface area contributed by atoms with Crippen molar-refractivity contribution < 1.29 is 14.0 Å². The molecule has 0 spiro atoms. The maximum atomic E-state index is 12.5. The number of rotatable bonds is 6. The zero-order valence-corrected chi connectivity index (χ0v) is 17.6. The Morgan fingerprint density at radius 3 is 2.24 bits per heavy atom. The first-order chi connectivity index (χ1) is 11.6. The second-order valence-corrected chi connectivity index (χ2v) is 13.7. The van der Waals surface area contributed by atoms with Gasteiger partial charge < -0.3 is 9.16 Å². The van der Waals surface area contributed by atoms with Crippen LogP contribution in [0.15, 0.2) is 30.3 Å². The second kappa shape index (κ2) is 8.04. The van der Waals surface area contributed by atoms with Crippen LogP contribution in [0.1, 0.15) is 64.9 Å². The van der Waals surface area contributed by atoms with E-state index in [0.717, 1.165) is 31.2 Å². The molecule has 2 rings (SSSR count). The van der Waals surface area contributed by atoms with Gasteiger partial charge in [0.15, 0.2) is 8.32 Å². The Hall–Kier alpha value is -1.13. The molecule has 0 aromatic heterocycles. The van der Waals surface area contributed by atoms with Crippen LogP contribution in [0.2, 0.25) is 18.1 Å². The Morgan fingerprint density at radius 2 is 1.68 bits per heavy atom. The Bertz CT molecular complexity index is 554. The van der Waals surface area contributed by atoms with E-state index >= 15 is 0 Å². The van der Waals surface area contributed by atoms with Gasteiger partial charge in [0.2, 0.25) is 0 Å². The van der Waals surface area contributed by atoms with Crippen molar-refractivity contribution in [3.05, 3.63) is 35.9 Å². The number of ether oxygens (including phenoxy) is 1. The molecular weight excluding hydrogens is 328 g/mol. The van der Waals surface area contributed by atoms with Gasteiger partial charge in [-0.25, -0.2) is 0 Å². The Kier molecular flexibility index (Phi) is 6.49. The van der Waals surface area contributed by atoms with Crippen LogP contribution in [0.3, 0.4) is 0 Å². The van der Waals surface area contributed by atoms with E-state index in [2.05, 4.69) is 33.9 Å². The van der Waals surface area contributed by atoms with E-state index in [-0.39, 0.29) is 16.6 Å². The van der Waals surface area contributed by atoms with E-state index in [1.54, 1.807) is 0 Å². The van der Waals surface area contributed by atoms with Gasteiger partial charge in [0.1, 0.15) is 6.61 Å². The molecule has 0 N–H and O–H groups in total. The van der Waals surface area contributed by atoms with Crippen LogP contribution in [-0.2, 0) is 20.6 Å². The van der Waals surface area contributed by atoms with Crippen molar-refractivity contribution in [1.29, 1.82) is 0 Å². The summed E-state index contributed by atoms with van der Waals surface area (Å²) in [7, 11) is -1.93. The fourth-order valence-electron chi connectivity index (χ4n) is 3.26. The van der Waals surface area contributed by atoms with Crippen LogP contribution < -0.4 is 0 Å². The first-order valence-corrected chi connectivity index (χ1v) is 12.4. The normalized spacial score (nSPS) is 18.0. The van der Waals surface area contributed by atoms with Gasteiger partial charge in [-0.15, -0.1) is 0 Å². The molecule has 25 heavy (non-hydrogen) atoms. The van der Waals surface area contributed by atoms with Crippen LogP contribution in [0.5, 0.6) is 0 Å². The lowest BCUT2D eigenvalue weighted by Gasteiger charge is -2.47. The van der Waals surface area contributed by atoms with Gasteiger partial charge in [0.05, 0.1) is 12.0 Å². The number of esters is 1. The van der Waals surface area contributed by atoms with E-state index in [9.17, 15) is 4.79 Å². The van der Waals surface area contributed by atoms with Gasteiger partial charge in [-0.1, -0.05) is 70.4 Å². The maximum Gasteiger partial charge on any atom is 0.309 e. The van der Waals surface area contributed by atoms with Crippen molar-refractivity contribution >= 4 is 14.3 Å². The fraction of sp³-hybridized carbons (Fsp3) is 0.667. The monoisotopic (exact) mass is 362 g/mol. The van der Waals surface area contributed by atoms with Crippen LogP contribution >= 0.6 is 0 Å². The van der Waals surface area contributed by atoms with E-state index in [1.165, 1.54) is 6.42 Å². The summed E-state index contributed by atoms with van der Waals surface area (Å²) in [6, 6.07) is 9.86. The molecule has 0 saturated heterocycles. The lowest BCUT2D eigenvalue weighted by Crippen LogP contribution is -2.51. The second-order valence-electron chi connectivity index (χ2n) is 8.93. The molecule has 140 valence electrons. The van der Waals surface area contributed by atoms with Gasteiger partial charge in [-0.3, -0.25) is 4.79 Å². The summed E-state index contributed by atoms with van der Waals surface area (Å²) >= 11 is 0. The van der Waals surface area contributed by atoms with Crippen LogP contribution in [0.4, 0.5) is 0 Å². The third kappa shape index (κ3) is 5.68. The zero-order chi connectivity index (χ0) is 18.6. The largest absolute Gasteiger partial charge is 0.461 e. The summed E-state index contributed by atoms with van der Waals surface area (Å²) in [5, 5.41) is 0.144. The molecule has 0 atom stereocenters. The van der Waals surface area contributed by atoms with Crippen molar-refractivity contribution in [2.45, 2.75) is 89.6 Å². The van der Waals surface area contributed by atoms with Gasteiger partial charge >= 0.3 is 5.97 Å². The SMILES string of the molecule is CC(C)(C)[Si](C)(C)OC1(CC(=O)OCc2ccccc2)CCCCC1. The van der Waals surface area contributed by atoms with E-state index in [0.29, 0.717) is 13.0 Å². The average Bonchev–Trinajstić information content (AvgIpc) is 2.53. The predicted octanol–water partition coefficient (Wildman–Crippen LogP) is 5.84. The Morgan fingerprint density at radius 1 is 1.08 bits per heavy atom. The van der Waals surface area contributed by atoms with Crippen molar-refractivity contribution in [2.24, 2.45) is 0 Å². The lowest BCUT2D eigenvalue weighted by atomic mass is 9.82. The third-order valence-electron chi connectivity index (χ3n) is 5.75. The molecule has 0 unspecified atom stereocenters. The standard InChI is InChI=1S/C21H34O3Si/c1-20(2,3)25(4,5)24-21(14-10-7-11-15-21)16-19(22)23-17-18-12-8-6-9-13-18/h6,8-9,12-13H,7,10-11,14-17H2,1-5H3. The molecule has 1 aliphatic rings. The minimum atomic E-state index is -1.93. The van der Waals surface area contributed by atoms with Crippen molar-refractivity contribution in [3.8, 4) is 0 Å². The molecule has 0 aliphatic heterocycles. The number of hydrogen-bond acceptors (Lipinski definition) is 3. The topological polar surface area (TPSA) is 35.5 Å². The lowest BCUT2D eigenvalue weighted by molar-refractivity contribution is -0.151. The highest BCUT2D eigenvalue weighted by Crippen LogP contribution is 2.44. The molecule has 1 fully saturated rings. The minimum Gasteiger partial charge on any atom is -0.461 e. The zero-order valence-electron chi connectivity index (χ0n) is 16.6. The smallest absolute Gasteiger partial charge is 0.309 e. The molecular formula is C21H34O3Si. The molecule has 1 aromatic carbocycles. The summed E-state index contributed by atoms with van der Waals surface area (Å²) in [5.74, 6) is -0.135. The van der Waals surface area contributed by atoms with Crippen LogP contribution in [0, 0.1) is 0 Å². The first kappa shape index (κ1) is 20.2. The summed E-state index contributed by atoms with van der Waals surface area (Å²) in [6.07, 6.45) is 5.84. The van der Waals surface area contributed by atoms with E-state index in [4.69, 9.17) is 9.16 Å². The van der Waals surface area contributed by atoms with E-state index in [1.807, 2.05) is 30.3 Å². The first-order valence-electron chi connectivity index (χ1n) is 9.53. The van der Waals surface area contributed by atoms with Crippen LogP contribution in [0.25, 0.3) is 0 Å². The maximum absolute atomic E-state index is 12.5. The van der Waals surface area contributed by atoms with Gasteiger partial charge in [-0.2, -0.15) is 0 Å². The highest BCUT2D eigenvalue weighted by molar-refractivity contribution is 6.74. The number of hydrogen-bond donors (Lipinski definition) is 0. The molecule has 1 saturated carbocycles. The van der Waals surface area contributed by atoms with Crippen LogP contribution in [-0.4, -0.2) is 19.9 Å². The highest BCUT2D eigenvalue weighted by Gasteiger charge is 2.46. The van der Waals surface area contributed by atoms with Gasteiger partial charge in [-0.05, 0) is 36.5 Å². The molecule has 0 radical (unpaired) electrons. The summed E-state index contributed by atoms with van der Waals surface area (Å²) in [6.45, 7) is 11.7. The molecule has 0 heterocycles. The average molecular weight is 363 g/mol. The van der Waals surface area contributed by atoms with Crippen molar-refractivity contribution in [1.82, 2.24) is 0 Å². The number of benzene rings is 1. The van der Waals surface area contributed by atoms with Crippen molar-refractivity contribution in [3.63, 3.8) is 0 Å². The molecule has 1 aliphatic carbocycles. The summed E-state index contributed by atoms with van der Waals surface area (Å²) in [4.78, 5) is 12.5. The predicted molar refractivity (Wildman–Crippen MR) is 105 cm³/mol. The summed E-state index contributed by atoms with van der Waals surface area (Å²) in [5.41, 5.74) is 0.702. The molecule has 0 amide bonds. The Labute approximate surface area is 154 Å². The molecule has 4 heteroatoms. The van der Waals surface area contributed by atoms with Gasteiger partial charge in [0, 0.05) is 0 Å². The quantitative estimate of drug-likeness (QED) is 0.471. The fourth-order valence-corrected chi connectivity index (χ4v) is 4.92. The molecule has 1 aromatic rings. The number of carbonyl (C=O) groups excluding carboxylic acids is 1. The molecule has 0 bridgehead atoms. The number of carbonyl (C=O) groups is 1. The third-order valence-corrected chi connectivity index (χ3v) is 10.3. The summed E-state index contributed by atoms with van der Waals surface area (Å²) < 4.78 is 12.3. The van der Waals surface area contributed by atoms with Gasteiger partial charge in [0.25, 0.3) is 0 Å². The van der Waals surface area contributed by atoms with E-state index < -0.39 is 8.32 Å². The highest BCUT2D eigenvalue weighted by atomic mass is 28.4.